The first-order valence-corrected chi connectivity index (χ1v) is 9.52. The van der Waals surface area contributed by atoms with Gasteiger partial charge in [0.15, 0.2) is 9.84 Å². The zero-order chi connectivity index (χ0) is 15.1. The highest BCUT2D eigenvalue weighted by atomic mass is 32.2. The Balaban J connectivity index is 1.87. The van der Waals surface area contributed by atoms with Crippen molar-refractivity contribution in [3.63, 3.8) is 0 Å². The second kappa shape index (κ2) is 7.92. The largest absolute Gasteiger partial charge is 0.315 e. The molecule has 1 aromatic carbocycles. The van der Waals surface area contributed by atoms with Crippen LogP contribution >= 0.6 is 0 Å². The molecule has 1 heterocycles. The molecule has 1 saturated heterocycles. The number of hydrogen-bond donors (Lipinski definition) is 1. The predicted octanol–water partition coefficient (Wildman–Crippen LogP) is 1.71. The van der Waals surface area contributed by atoms with Crippen molar-refractivity contribution in [3.8, 4) is 0 Å². The number of nitrogens with one attached hydrogen (secondary N) is 1. The molecule has 0 amide bonds. The van der Waals surface area contributed by atoms with E-state index in [4.69, 9.17) is 0 Å². The fourth-order valence-electron chi connectivity index (χ4n) is 2.69. The van der Waals surface area contributed by atoms with Gasteiger partial charge in [-0.25, -0.2) is 8.42 Å². The lowest BCUT2D eigenvalue weighted by Crippen LogP contribution is -2.29. The lowest BCUT2D eigenvalue weighted by Gasteiger charge is -2.19. The smallest absolute Gasteiger partial charge is 0.178 e. The molecule has 0 atom stereocenters. The molecule has 2 rings (SSSR count). The highest BCUT2D eigenvalue weighted by Crippen LogP contribution is 2.14. The Morgan fingerprint density at radius 2 is 2.10 bits per heavy atom. The van der Waals surface area contributed by atoms with Crippen LogP contribution in [0.2, 0.25) is 0 Å². The minimum absolute atomic E-state index is 0.164. The van der Waals surface area contributed by atoms with Gasteiger partial charge in [-0.05, 0) is 56.6 Å². The summed E-state index contributed by atoms with van der Waals surface area (Å²) in [5.41, 5.74) is 1.12. The van der Waals surface area contributed by atoms with Gasteiger partial charge < -0.3 is 10.2 Å². The molecule has 0 aliphatic carbocycles. The van der Waals surface area contributed by atoms with E-state index in [2.05, 4.69) is 10.2 Å². The van der Waals surface area contributed by atoms with E-state index in [1.807, 2.05) is 18.2 Å². The first-order valence-electron chi connectivity index (χ1n) is 7.86. The van der Waals surface area contributed by atoms with Crippen LogP contribution < -0.4 is 5.32 Å². The van der Waals surface area contributed by atoms with Gasteiger partial charge in [0.2, 0.25) is 0 Å². The van der Waals surface area contributed by atoms with E-state index < -0.39 is 9.84 Å². The van der Waals surface area contributed by atoms with E-state index in [9.17, 15) is 8.42 Å². The lowest BCUT2D eigenvalue weighted by atomic mass is 10.1. The molecule has 5 heteroatoms. The summed E-state index contributed by atoms with van der Waals surface area (Å²) in [6.07, 6.45) is 3.23. The van der Waals surface area contributed by atoms with Gasteiger partial charge in [-0.2, -0.15) is 0 Å². The molecule has 0 aromatic heterocycles. The van der Waals surface area contributed by atoms with Gasteiger partial charge in [0.05, 0.1) is 10.6 Å². The highest BCUT2D eigenvalue weighted by molar-refractivity contribution is 7.91. The third-order valence-corrected chi connectivity index (χ3v) is 5.74. The number of benzene rings is 1. The van der Waals surface area contributed by atoms with E-state index >= 15 is 0 Å². The topological polar surface area (TPSA) is 49.4 Å². The molecule has 1 aliphatic heterocycles. The van der Waals surface area contributed by atoms with E-state index in [-0.39, 0.29) is 5.75 Å². The van der Waals surface area contributed by atoms with Crippen LogP contribution in [-0.4, -0.2) is 51.8 Å². The fourth-order valence-corrected chi connectivity index (χ4v) is 3.64. The molecule has 1 aromatic rings. The Morgan fingerprint density at radius 1 is 1.24 bits per heavy atom. The fraction of sp³-hybridized carbons (Fsp3) is 0.625. The molecule has 0 unspecified atom stereocenters. The van der Waals surface area contributed by atoms with Crippen molar-refractivity contribution in [1.82, 2.24) is 10.2 Å². The van der Waals surface area contributed by atoms with Crippen molar-refractivity contribution in [1.29, 1.82) is 0 Å². The van der Waals surface area contributed by atoms with Gasteiger partial charge in [-0.15, -0.1) is 0 Å². The maximum absolute atomic E-state index is 11.9. The third-order valence-electron chi connectivity index (χ3n) is 4.01. The van der Waals surface area contributed by atoms with E-state index in [1.54, 1.807) is 13.0 Å². The van der Waals surface area contributed by atoms with Gasteiger partial charge in [0, 0.05) is 13.1 Å². The molecule has 0 spiro atoms. The van der Waals surface area contributed by atoms with E-state index in [0.717, 1.165) is 51.1 Å². The number of nitrogens with zero attached hydrogens (tertiary/aromatic N) is 1. The SMILES string of the molecule is CCS(=O)(=O)c1cccc(CCCN2CCCNCC2)c1. The monoisotopic (exact) mass is 310 g/mol. The summed E-state index contributed by atoms with van der Waals surface area (Å²) in [5.74, 6) is 0.164. The summed E-state index contributed by atoms with van der Waals surface area (Å²) in [6.45, 7) is 7.25. The van der Waals surface area contributed by atoms with Crippen LogP contribution in [-0.2, 0) is 16.3 Å². The standard InChI is InChI=1S/C16H26N2O2S/c1-2-21(19,20)16-8-3-6-15(14-16)7-4-11-18-12-5-9-17-10-13-18/h3,6,8,14,17H,2,4-5,7,9-13H2,1H3. The summed E-state index contributed by atoms with van der Waals surface area (Å²) < 4.78 is 23.8. The molecule has 118 valence electrons. The summed E-state index contributed by atoms with van der Waals surface area (Å²) in [5, 5.41) is 3.41. The van der Waals surface area contributed by atoms with Gasteiger partial charge in [-0.1, -0.05) is 19.1 Å². The number of hydrogen-bond acceptors (Lipinski definition) is 4. The zero-order valence-corrected chi connectivity index (χ0v) is 13.7. The Bertz CT molecular complexity index is 535. The van der Waals surface area contributed by atoms with Crippen molar-refractivity contribution in [2.45, 2.75) is 31.1 Å². The molecule has 1 aliphatic rings. The average molecular weight is 310 g/mol. The predicted molar refractivity (Wildman–Crippen MR) is 86.4 cm³/mol. The molecule has 21 heavy (non-hydrogen) atoms. The number of sulfone groups is 1. The van der Waals surface area contributed by atoms with Crippen LogP contribution in [0.15, 0.2) is 29.2 Å². The molecule has 4 nitrogen and oxygen atoms in total. The molecule has 0 saturated carbocycles. The Labute approximate surface area is 128 Å². The van der Waals surface area contributed by atoms with Crippen molar-refractivity contribution in [2.24, 2.45) is 0 Å². The third kappa shape index (κ3) is 5.09. The van der Waals surface area contributed by atoms with Crippen molar-refractivity contribution < 1.29 is 8.42 Å². The Morgan fingerprint density at radius 3 is 2.90 bits per heavy atom. The maximum Gasteiger partial charge on any atom is 0.178 e. The van der Waals surface area contributed by atoms with Crippen LogP contribution in [0.1, 0.15) is 25.3 Å². The Kier molecular flexibility index (Phi) is 6.21. The van der Waals surface area contributed by atoms with Crippen molar-refractivity contribution in [2.75, 3.05) is 38.5 Å². The quantitative estimate of drug-likeness (QED) is 0.869. The van der Waals surface area contributed by atoms with Crippen LogP contribution in [0.25, 0.3) is 0 Å². The summed E-state index contributed by atoms with van der Waals surface area (Å²) in [7, 11) is -3.09. The van der Waals surface area contributed by atoms with Crippen LogP contribution in [0.4, 0.5) is 0 Å². The summed E-state index contributed by atoms with van der Waals surface area (Å²) >= 11 is 0. The minimum Gasteiger partial charge on any atom is -0.315 e. The van der Waals surface area contributed by atoms with E-state index in [1.165, 1.54) is 6.42 Å². The van der Waals surface area contributed by atoms with E-state index in [0.29, 0.717) is 4.90 Å². The zero-order valence-electron chi connectivity index (χ0n) is 12.8. The van der Waals surface area contributed by atoms with Gasteiger partial charge in [0.1, 0.15) is 0 Å². The van der Waals surface area contributed by atoms with Crippen molar-refractivity contribution in [3.05, 3.63) is 29.8 Å². The van der Waals surface area contributed by atoms with Gasteiger partial charge >= 0.3 is 0 Å². The van der Waals surface area contributed by atoms with Gasteiger partial charge in [-0.3, -0.25) is 0 Å². The van der Waals surface area contributed by atoms with Crippen molar-refractivity contribution >= 4 is 9.84 Å². The maximum atomic E-state index is 11.9. The van der Waals surface area contributed by atoms with Crippen LogP contribution in [0, 0.1) is 0 Å². The first kappa shape index (κ1) is 16.5. The summed E-state index contributed by atoms with van der Waals surface area (Å²) in [4.78, 5) is 2.95. The van der Waals surface area contributed by atoms with Crippen LogP contribution in [0.5, 0.6) is 0 Å². The molecular weight excluding hydrogens is 284 g/mol. The first-order chi connectivity index (χ1) is 10.1. The lowest BCUT2D eigenvalue weighted by molar-refractivity contribution is 0.289. The number of aryl methyl sites for hydroxylation is 1. The molecule has 1 N–H and O–H groups in total. The molecule has 1 fully saturated rings. The normalized spacial score (nSPS) is 17.6. The van der Waals surface area contributed by atoms with Gasteiger partial charge in [0.25, 0.3) is 0 Å². The second-order valence-electron chi connectivity index (χ2n) is 5.60. The molecule has 0 bridgehead atoms. The van der Waals surface area contributed by atoms with Crippen LogP contribution in [0.3, 0.4) is 0 Å². The Hall–Kier alpha value is -0.910. The highest BCUT2D eigenvalue weighted by Gasteiger charge is 2.12. The summed E-state index contributed by atoms with van der Waals surface area (Å²) in [6, 6.07) is 7.41. The molecule has 0 radical (unpaired) electrons. The minimum atomic E-state index is -3.09. The average Bonchev–Trinajstić information content (AvgIpc) is 2.76. The second-order valence-corrected chi connectivity index (χ2v) is 7.88. The number of rotatable bonds is 6. The molecular formula is C16H26N2O2S.